The second-order valence-electron chi connectivity index (χ2n) is 9.63. The third kappa shape index (κ3) is 6.44. The molecule has 1 aliphatic heterocycles. The second-order valence-corrected chi connectivity index (χ2v) is 9.63. The number of carbonyl (C=O) groups excluding carboxylic acids is 3. The number of nitrogens with one attached hydrogen (secondary N) is 1. The zero-order valence-electron chi connectivity index (χ0n) is 20.8. The van der Waals surface area contributed by atoms with Gasteiger partial charge >= 0.3 is 12.1 Å². The van der Waals surface area contributed by atoms with Crippen LogP contribution in [0.15, 0.2) is 22.8 Å². The molecule has 0 saturated carbocycles. The van der Waals surface area contributed by atoms with E-state index < -0.39 is 36.1 Å². The summed E-state index contributed by atoms with van der Waals surface area (Å²) < 4.78 is 17.8. The van der Waals surface area contributed by atoms with Crippen LogP contribution in [0, 0.1) is 31.1 Å². The maximum atomic E-state index is 12.7. The number of hydrogen-bond donors (Lipinski definition) is 1. The fraction of sp³-hybridized carbons (Fsp3) is 0.520. The molecule has 2 amide bonds. The number of aromatic nitrogens is 1. The SMILES string of the molecule is Cc1c(C#N)c(NC(=O)COC(=O)C2CCCN(C(=O)OC(C)(C)C)C2)n(Cc2ccco2)c1C. The molecule has 3 heterocycles. The molecular formula is C25H32N4O6. The number of rotatable bonds is 6. The molecule has 2 aromatic heterocycles. The molecule has 0 bridgehead atoms. The predicted octanol–water partition coefficient (Wildman–Crippen LogP) is 3.75. The molecular weight excluding hydrogens is 452 g/mol. The van der Waals surface area contributed by atoms with Crippen molar-refractivity contribution in [3.8, 4) is 6.07 Å². The van der Waals surface area contributed by atoms with Crippen molar-refractivity contribution in [1.82, 2.24) is 9.47 Å². The molecule has 0 aromatic carbocycles. The highest BCUT2D eigenvalue weighted by Gasteiger charge is 2.32. The Kier molecular flexibility index (Phi) is 7.89. The van der Waals surface area contributed by atoms with Crippen molar-refractivity contribution in [3.63, 3.8) is 0 Å². The summed E-state index contributed by atoms with van der Waals surface area (Å²) in [6.45, 7) is 9.52. The van der Waals surface area contributed by atoms with Gasteiger partial charge in [-0.05, 0) is 65.2 Å². The van der Waals surface area contributed by atoms with Crippen LogP contribution in [-0.2, 0) is 25.6 Å². The lowest BCUT2D eigenvalue weighted by atomic mass is 9.98. The van der Waals surface area contributed by atoms with Crippen LogP contribution >= 0.6 is 0 Å². The van der Waals surface area contributed by atoms with Gasteiger partial charge in [-0.3, -0.25) is 9.59 Å². The number of anilines is 1. The highest BCUT2D eigenvalue weighted by molar-refractivity contribution is 5.94. The van der Waals surface area contributed by atoms with Crippen molar-refractivity contribution in [2.24, 2.45) is 5.92 Å². The molecule has 1 unspecified atom stereocenters. The molecule has 35 heavy (non-hydrogen) atoms. The minimum absolute atomic E-state index is 0.179. The van der Waals surface area contributed by atoms with Crippen molar-refractivity contribution in [2.75, 3.05) is 25.0 Å². The maximum absolute atomic E-state index is 12.7. The molecule has 0 aliphatic carbocycles. The largest absolute Gasteiger partial charge is 0.467 e. The summed E-state index contributed by atoms with van der Waals surface area (Å²) in [4.78, 5) is 39.1. The van der Waals surface area contributed by atoms with E-state index >= 15 is 0 Å². The molecule has 0 radical (unpaired) electrons. The van der Waals surface area contributed by atoms with Crippen molar-refractivity contribution < 1.29 is 28.3 Å². The van der Waals surface area contributed by atoms with Gasteiger partial charge in [0.1, 0.15) is 23.2 Å². The molecule has 3 rings (SSSR count). The summed E-state index contributed by atoms with van der Waals surface area (Å²) in [5, 5.41) is 12.4. The summed E-state index contributed by atoms with van der Waals surface area (Å²) in [5.74, 6) is -0.652. The Bertz CT molecular complexity index is 1120. The molecule has 1 fully saturated rings. The Morgan fingerprint density at radius 3 is 2.66 bits per heavy atom. The summed E-state index contributed by atoms with van der Waals surface area (Å²) >= 11 is 0. The van der Waals surface area contributed by atoms with Gasteiger partial charge in [0.15, 0.2) is 6.61 Å². The number of furan rings is 1. The van der Waals surface area contributed by atoms with E-state index in [4.69, 9.17) is 13.9 Å². The number of ether oxygens (including phenoxy) is 2. The molecule has 188 valence electrons. The zero-order valence-corrected chi connectivity index (χ0v) is 20.8. The molecule has 1 saturated heterocycles. The molecule has 10 nitrogen and oxygen atoms in total. The van der Waals surface area contributed by atoms with Crippen LogP contribution in [0.3, 0.4) is 0 Å². The van der Waals surface area contributed by atoms with E-state index in [1.165, 1.54) is 4.90 Å². The quantitative estimate of drug-likeness (QED) is 0.619. The molecule has 1 aliphatic rings. The fourth-order valence-electron chi connectivity index (χ4n) is 3.97. The Morgan fingerprint density at radius 2 is 2.03 bits per heavy atom. The van der Waals surface area contributed by atoms with Crippen molar-refractivity contribution >= 4 is 23.8 Å². The highest BCUT2D eigenvalue weighted by atomic mass is 16.6. The third-order valence-electron chi connectivity index (χ3n) is 5.84. The van der Waals surface area contributed by atoms with E-state index in [1.54, 1.807) is 43.7 Å². The highest BCUT2D eigenvalue weighted by Crippen LogP contribution is 2.27. The lowest BCUT2D eigenvalue weighted by molar-refractivity contribution is -0.153. The Morgan fingerprint density at radius 1 is 1.29 bits per heavy atom. The van der Waals surface area contributed by atoms with E-state index in [0.29, 0.717) is 43.1 Å². The van der Waals surface area contributed by atoms with Crippen LogP contribution in [0.25, 0.3) is 0 Å². The maximum Gasteiger partial charge on any atom is 0.410 e. The topological polar surface area (TPSA) is 127 Å². The van der Waals surface area contributed by atoms with Gasteiger partial charge in [-0.15, -0.1) is 0 Å². The molecule has 2 aromatic rings. The van der Waals surface area contributed by atoms with E-state index in [2.05, 4.69) is 11.4 Å². The van der Waals surface area contributed by atoms with Crippen LogP contribution in [-0.4, -0.2) is 52.7 Å². The standard InChI is InChI=1S/C25H32N4O6/c1-16-17(2)29(14-19-9-7-11-33-19)22(20(16)12-26)27-21(30)15-34-23(31)18-8-6-10-28(13-18)24(32)35-25(3,4)5/h7,9,11,18H,6,8,10,13-15H2,1-5H3,(H,27,30). The monoisotopic (exact) mass is 484 g/mol. The summed E-state index contributed by atoms with van der Waals surface area (Å²) in [5.41, 5.74) is 1.27. The number of esters is 1. The molecule has 1 atom stereocenters. The Hall–Kier alpha value is -3.74. The number of carbonyl (C=O) groups is 3. The summed E-state index contributed by atoms with van der Waals surface area (Å²) in [7, 11) is 0. The molecule has 10 heteroatoms. The smallest absolute Gasteiger partial charge is 0.410 e. The van der Waals surface area contributed by atoms with Crippen LogP contribution in [0.1, 0.15) is 56.2 Å². The number of hydrogen-bond acceptors (Lipinski definition) is 7. The van der Waals surface area contributed by atoms with E-state index in [9.17, 15) is 19.6 Å². The van der Waals surface area contributed by atoms with Crippen LogP contribution in [0.2, 0.25) is 0 Å². The second kappa shape index (κ2) is 10.7. The lowest BCUT2D eigenvalue weighted by Crippen LogP contribution is -2.45. The van der Waals surface area contributed by atoms with E-state index in [0.717, 1.165) is 11.3 Å². The number of nitriles is 1. The first-order chi connectivity index (χ1) is 16.5. The first-order valence-electron chi connectivity index (χ1n) is 11.6. The molecule has 1 N–H and O–H groups in total. The van der Waals surface area contributed by atoms with Gasteiger partial charge in [-0.25, -0.2) is 4.79 Å². The number of amides is 2. The molecule has 0 spiro atoms. The first kappa shape index (κ1) is 25.9. The van der Waals surface area contributed by atoms with Gasteiger partial charge in [0.25, 0.3) is 5.91 Å². The Labute approximate surface area is 204 Å². The van der Waals surface area contributed by atoms with E-state index in [1.807, 2.05) is 13.8 Å². The number of piperidine rings is 1. The average Bonchev–Trinajstić information content (AvgIpc) is 3.39. The average molecular weight is 485 g/mol. The van der Waals surface area contributed by atoms with Gasteiger partial charge < -0.3 is 28.7 Å². The van der Waals surface area contributed by atoms with Gasteiger partial charge in [-0.2, -0.15) is 5.26 Å². The third-order valence-corrected chi connectivity index (χ3v) is 5.84. The number of likely N-dealkylation sites (tertiary alicyclic amines) is 1. The minimum Gasteiger partial charge on any atom is -0.467 e. The first-order valence-corrected chi connectivity index (χ1v) is 11.6. The van der Waals surface area contributed by atoms with Gasteiger partial charge in [-0.1, -0.05) is 0 Å². The van der Waals surface area contributed by atoms with Crippen LogP contribution < -0.4 is 5.32 Å². The van der Waals surface area contributed by atoms with E-state index in [-0.39, 0.29) is 6.54 Å². The zero-order chi connectivity index (χ0) is 25.8. The van der Waals surface area contributed by atoms with Crippen molar-refractivity contribution in [2.45, 2.75) is 59.6 Å². The van der Waals surface area contributed by atoms with Crippen molar-refractivity contribution in [1.29, 1.82) is 5.26 Å². The number of nitrogens with zero attached hydrogens (tertiary/aromatic N) is 3. The van der Waals surface area contributed by atoms with Gasteiger partial charge in [0.05, 0.1) is 24.3 Å². The van der Waals surface area contributed by atoms with Crippen LogP contribution in [0.5, 0.6) is 0 Å². The summed E-state index contributed by atoms with van der Waals surface area (Å²) in [6.07, 6.45) is 2.28. The Balaban J connectivity index is 1.61. The fourth-order valence-corrected chi connectivity index (χ4v) is 3.97. The summed E-state index contributed by atoms with van der Waals surface area (Å²) in [6, 6.07) is 5.70. The lowest BCUT2D eigenvalue weighted by Gasteiger charge is -2.33. The van der Waals surface area contributed by atoms with Gasteiger partial charge in [0.2, 0.25) is 0 Å². The minimum atomic E-state index is -0.629. The van der Waals surface area contributed by atoms with Crippen molar-refractivity contribution in [3.05, 3.63) is 41.0 Å². The van der Waals surface area contributed by atoms with Gasteiger partial charge in [0, 0.05) is 18.8 Å². The normalized spacial score (nSPS) is 15.9. The van der Waals surface area contributed by atoms with Crippen LogP contribution in [0.4, 0.5) is 10.6 Å². The predicted molar refractivity (Wildman–Crippen MR) is 127 cm³/mol.